The highest BCUT2D eigenvalue weighted by atomic mass is 32.2. The summed E-state index contributed by atoms with van der Waals surface area (Å²) in [5.74, 6) is -2.22. The molecule has 4 fully saturated rings. The topological polar surface area (TPSA) is 82.6 Å². The summed E-state index contributed by atoms with van der Waals surface area (Å²) in [7, 11) is 0. The van der Waals surface area contributed by atoms with E-state index in [2.05, 4.69) is 4.98 Å². The van der Waals surface area contributed by atoms with E-state index in [0.29, 0.717) is 31.3 Å². The summed E-state index contributed by atoms with van der Waals surface area (Å²) in [5.41, 5.74) is -4.31. The van der Waals surface area contributed by atoms with Crippen LogP contribution < -0.4 is 0 Å². The number of para-hydroxylation sites is 1. The number of halogens is 3. The van der Waals surface area contributed by atoms with Crippen LogP contribution in [0.25, 0.3) is 10.9 Å². The average molecular weight is 587 g/mol. The fourth-order valence-electron chi connectivity index (χ4n) is 9.37. The Hall–Kier alpha value is -2.40. The molecule has 0 spiro atoms. The van der Waals surface area contributed by atoms with Gasteiger partial charge in [0.25, 0.3) is 0 Å². The Morgan fingerprint density at radius 1 is 1.24 bits per heavy atom. The van der Waals surface area contributed by atoms with Crippen molar-refractivity contribution in [3.05, 3.63) is 59.8 Å². The number of rotatable bonds is 4. The minimum Gasteiger partial charge on any atom is -0.390 e. The van der Waals surface area contributed by atoms with E-state index in [1.165, 1.54) is 18.2 Å². The molecule has 0 unspecified atom stereocenters. The van der Waals surface area contributed by atoms with E-state index in [1.807, 2.05) is 37.4 Å². The molecular weight excluding hydrogens is 553 g/mol. The van der Waals surface area contributed by atoms with Gasteiger partial charge in [0.1, 0.15) is 12.2 Å². The van der Waals surface area contributed by atoms with Crippen LogP contribution in [0.4, 0.5) is 13.2 Å². The normalized spacial score (nSPS) is 43.4. The Bertz CT molecular complexity index is 1510. The maximum atomic E-state index is 17.5. The third-order valence-electron chi connectivity index (χ3n) is 11.2. The van der Waals surface area contributed by atoms with E-state index in [4.69, 9.17) is 4.84 Å². The molecule has 9 atom stereocenters. The van der Waals surface area contributed by atoms with Crippen LogP contribution in [0.1, 0.15) is 38.7 Å². The van der Waals surface area contributed by atoms with E-state index >= 15 is 8.78 Å². The number of aromatic amines is 1. The standard InChI is InChI=1S/C31H33F3N2O4S/c1-28-8-7-19(37)10-23(28)24(33)11-22-21-9-18-15-36(14-17-13-35-25-6-4-3-5-20(17)25)40-31(18,27(39)41-16-32)29(21,2)12-26(38)30(22,28)34/h3-8,10,13,18,21-22,24,26,35,38H,9,11-12,14-16H2,1-2H3/t18-,21-,22-,24-,26-,28-,29-,30-,31-/m0/s1. The number of allylic oxidation sites excluding steroid dienone is 4. The van der Waals surface area contributed by atoms with Crippen molar-refractivity contribution < 1.29 is 32.7 Å². The van der Waals surface area contributed by atoms with Gasteiger partial charge in [-0.15, -0.1) is 0 Å². The van der Waals surface area contributed by atoms with Crippen LogP contribution in [0.2, 0.25) is 0 Å². The zero-order chi connectivity index (χ0) is 28.9. The van der Waals surface area contributed by atoms with Gasteiger partial charge in [0.2, 0.25) is 5.12 Å². The first-order chi connectivity index (χ1) is 19.5. The highest BCUT2D eigenvalue weighted by molar-refractivity contribution is 8.13. The first-order valence-electron chi connectivity index (χ1n) is 14.2. The van der Waals surface area contributed by atoms with Gasteiger partial charge in [0, 0.05) is 46.3 Å². The smallest absolute Gasteiger partial charge is 0.226 e. The molecule has 41 heavy (non-hydrogen) atoms. The van der Waals surface area contributed by atoms with Crippen molar-refractivity contribution in [2.24, 2.45) is 28.6 Å². The van der Waals surface area contributed by atoms with Crippen molar-refractivity contribution in [1.82, 2.24) is 10.0 Å². The lowest BCUT2D eigenvalue weighted by molar-refractivity contribution is -0.266. The van der Waals surface area contributed by atoms with Crippen molar-refractivity contribution in [1.29, 1.82) is 0 Å². The van der Waals surface area contributed by atoms with Crippen LogP contribution in [0.3, 0.4) is 0 Å². The maximum absolute atomic E-state index is 17.5. The van der Waals surface area contributed by atoms with E-state index in [1.54, 1.807) is 12.0 Å². The molecule has 0 amide bonds. The lowest BCUT2D eigenvalue weighted by Crippen LogP contribution is -2.70. The molecule has 10 heteroatoms. The minimum absolute atomic E-state index is 0.0597. The van der Waals surface area contributed by atoms with Gasteiger partial charge in [0.15, 0.2) is 17.1 Å². The van der Waals surface area contributed by atoms with Crippen molar-refractivity contribution in [2.45, 2.75) is 63.2 Å². The molecule has 4 aliphatic carbocycles. The number of thioether (sulfide) groups is 1. The lowest BCUT2D eigenvalue weighted by Gasteiger charge is -2.63. The van der Waals surface area contributed by atoms with Crippen LogP contribution in [0.5, 0.6) is 0 Å². The first kappa shape index (κ1) is 27.4. The number of benzene rings is 1. The van der Waals surface area contributed by atoms with Crippen LogP contribution >= 0.6 is 11.8 Å². The van der Waals surface area contributed by atoms with Crippen molar-refractivity contribution in [3.63, 3.8) is 0 Å². The quantitative estimate of drug-likeness (QED) is 0.501. The lowest BCUT2D eigenvalue weighted by atomic mass is 9.44. The fraction of sp³-hybridized carbons (Fsp3) is 0.548. The molecule has 6 nitrogen and oxygen atoms in total. The number of aliphatic hydroxyl groups is 1. The predicted molar refractivity (Wildman–Crippen MR) is 149 cm³/mol. The van der Waals surface area contributed by atoms with Crippen molar-refractivity contribution in [2.75, 3.05) is 12.6 Å². The monoisotopic (exact) mass is 586 g/mol. The second-order valence-electron chi connectivity index (χ2n) is 12.8. The number of ketones is 1. The van der Waals surface area contributed by atoms with Gasteiger partial charge in [-0.1, -0.05) is 43.0 Å². The third kappa shape index (κ3) is 3.39. The average Bonchev–Trinajstić information content (AvgIpc) is 3.58. The molecule has 3 saturated carbocycles. The molecule has 0 bridgehead atoms. The molecular formula is C31H33F3N2O4S. The number of aliphatic hydroxyl groups excluding tert-OH is 1. The van der Waals surface area contributed by atoms with Gasteiger partial charge in [-0.2, -0.15) is 5.06 Å². The van der Waals surface area contributed by atoms with Crippen LogP contribution in [0.15, 0.2) is 54.3 Å². The fourth-order valence-corrected chi connectivity index (χ4v) is 10.1. The highest BCUT2D eigenvalue weighted by Crippen LogP contribution is 2.73. The maximum Gasteiger partial charge on any atom is 0.226 e. The van der Waals surface area contributed by atoms with E-state index in [0.717, 1.165) is 16.5 Å². The Morgan fingerprint density at radius 2 is 2.02 bits per heavy atom. The van der Waals surface area contributed by atoms with Gasteiger partial charge in [0.05, 0.1) is 12.6 Å². The molecule has 5 aliphatic rings. The predicted octanol–water partition coefficient (Wildman–Crippen LogP) is 5.39. The number of nitrogens with zero attached hydrogens (tertiary/aromatic N) is 1. The number of carbonyl (C=O) groups is 2. The highest BCUT2D eigenvalue weighted by Gasteiger charge is 2.79. The summed E-state index contributed by atoms with van der Waals surface area (Å²) in [5, 5.41) is 13.9. The van der Waals surface area contributed by atoms with E-state index in [9.17, 15) is 19.1 Å². The van der Waals surface area contributed by atoms with Gasteiger partial charge < -0.3 is 10.1 Å². The number of fused-ring (bicyclic) bond motifs is 8. The second kappa shape index (κ2) is 9.05. The summed E-state index contributed by atoms with van der Waals surface area (Å²) < 4.78 is 47.0. The Labute approximate surface area is 240 Å². The summed E-state index contributed by atoms with van der Waals surface area (Å²) in [4.78, 5) is 35.8. The summed E-state index contributed by atoms with van der Waals surface area (Å²) >= 11 is 0.540. The molecule has 1 aromatic carbocycles. The number of hydrogen-bond donors (Lipinski definition) is 2. The zero-order valence-electron chi connectivity index (χ0n) is 22.9. The number of hydroxylamine groups is 2. The molecule has 1 aromatic heterocycles. The van der Waals surface area contributed by atoms with Gasteiger partial charge >= 0.3 is 0 Å². The number of hydrogen-bond acceptors (Lipinski definition) is 6. The molecule has 2 N–H and O–H groups in total. The molecule has 7 rings (SSSR count). The molecule has 1 aliphatic heterocycles. The third-order valence-corrected chi connectivity index (χ3v) is 11.9. The van der Waals surface area contributed by atoms with E-state index in [-0.39, 0.29) is 18.4 Å². The summed E-state index contributed by atoms with van der Waals surface area (Å²) in [6.45, 7) is 4.13. The number of alkyl halides is 3. The SMILES string of the molecule is C[C@]12C=CC(=O)C=C1[C@@H](F)C[C@H]1[C@@H]3C[C@H]4CN(Cc5c[nH]c6ccccc56)O[C@@]4(C(=O)SCF)[C@@]3(C)C[C@H](O)[C@@]12F. The summed E-state index contributed by atoms with van der Waals surface area (Å²) in [6.07, 6.45) is 2.67. The molecule has 0 radical (unpaired) electrons. The van der Waals surface area contributed by atoms with Crippen molar-refractivity contribution >= 4 is 33.6 Å². The molecule has 1 saturated heterocycles. The molecule has 2 aromatic rings. The Morgan fingerprint density at radius 3 is 2.80 bits per heavy atom. The van der Waals surface area contributed by atoms with E-state index < -0.39 is 69.0 Å². The molecule has 2 heterocycles. The van der Waals surface area contributed by atoms with Gasteiger partial charge in [-0.3, -0.25) is 14.4 Å². The van der Waals surface area contributed by atoms with Crippen LogP contribution in [-0.4, -0.2) is 62.1 Å². The van der Waals surface area contributed by atoms with Crippen LogP contribution in [0, 0.1) is 28.6 Å². The largest absolute Gasteiger partial charge is 0.390 e. The number of carbonyl (C=O) groups excluding carboxylic acids is 2. The second-order valence-corrected chi connectivity index (χ2v) is 13.7. The summed E-state index contributed by atoms with van der Waals surface area (Å²) in [6, 6.07) is 6.92. The number of aromatic nitrogens is 1. The minimum atomic E-state index is -2.25. The Balaban J connectivity index is 1.28. The zero-order valence-corrected chi connectivity index (χ0v) is 23.7. The van der Waals surface area contributed by atoms with Crippen molar-refractivity contribution in [3.8, 4) is 0 Å². The Kier molecular flexibility index (Phi) is 6.06. The van der Waals surface area contributed by atoms with Crippen LogP contribution in [-0.2, 0) is 21.0 Å². The molecule has 218 valence electrons. The number of H-pyrrole nitrogens is 1. The number of nitrogens with one attached hydrogen (secondary N) is 1. The first-order valence-corrected chi connectivity index (χ1v) is 15.2. The van der Waals surface area contributed by atoms with Gasteiger partial charge in [-0.05, 0) is 61.5 Å². The van der Waals surface area contributed by atoms with Gasteiger partial charge in [-0.25, -0.2) is 13.2 Å².